The number of carbonyl (C=O) groups excluding carboxylic acids is 3. The Labute approximate surface area is 155 Å². The molecule has 0 spiro atoms. The van der Waals surface area contributed by atoms with E-state index in [0.29, 0.717) is 11.8 Å². The fourth-order valence-electron chi connectivity index (χ4n) is 2.37. The standard InChI is InChI=1S/C17H11F3N2O4S/c18-17(19,20)8-27-13-12(6-3-7-21-13)16(25)26-9-22-14(23)10-4-1-2-5-11(10)15(22)24/h1-7H,8-9H2. The average Bonchev–Trinajstić information content (AvgIpc) is 2.89. The zero-order valence-electron chi connectivity index (χ0n) is 13.5. The number of halogens is 3. The highest BCUT2D eigenvalue weighted by molar-refractivity contribution is 7.99. The van der Waals surface area contributed by atoms with Gasteiger partial charge in [-0.15, -0.1) is 0 Å². The number of carbonyl (C=O) groups is 3. The van der Waals surface area contributed by atoms with Gasteiger partial charge in [-0.3, -0.25) is 9.59 Å². The summed E-state index contributed by atoms with van der Waals surface area (Å²) in [7, 11) is 0. The number of fused-ring (bicyclic) bond motifs is 1. The Kier molecular flexibility index (Phi) is 5.17. The molecule has 1 aliphatic rings. The van der Waals surface area contributed by atoms with Crippen molar-refractivity contribution in [1.29, 1.82) is 0 Å². The highest BCUT2D eigenvalue weighted by Gasteiger charge is 2.36. The fourth-order valence-corrected chi connectivity index (χ4v) is 3.11. The van der Waals surface area contributed by atoms with Crippen molar-refractivity contribution in [2.24, 2.45) is 0 Å². The van der Waals surface area contributed by atoms with Crippen molar-refractivity contribution in [3.8, 4) is 0 Å². The highest BCUT2D eigenvalue weighted by atomic mass is 32.2. The van der Waals surface area contributed by atoms with Gasteiger partial charge < -0.3 is 4.74 Å². The third kappa shape index (κ3) is 4.11. The molecule has 2 amide bonds. The maximum Gasteiger partial charge on any atom is 0.398 e. The third-order valence-corrected chi connectivity index (χ3v) is 4.64. The second-order valence-electron chi connectivity index (χ2n) is 5.40. The van der Waals surface area contributed by atoms with E-state index in [2.05, 4.69) is 4.98 Å². The second kappa shape index (κ2) is 7.39. The molecular weight excluding hydrogens is 385 g/mol. The number of imide groups is 1. The van der Waals surface area contributed by atoms with Crippen LogP contribution in [-0.4, -0.2) is 46.3 Å². The summed E-state index contributed by atoms with van der Waals surface area (Å²) >= 11 is 0.347. The van der Waals surface area contributed by atoms with Gasteiger partial charge >= 0.3 is 12.1 Å². The molecule has 0 saturated carbocycles. The predicted molar refractivity (Wildman–Crippen MR) is 88.2 cm³/mol. The number of thioether (sulfide) groups is 1. The second-order valence-corrected chi connectivity index (χ2v) is 6.37. The molecule has 0 aliphatic carbocycles. The minimum absolute atomic E-state index is 0.151. The van der Waals surface area contributed by atoms with E-state index >= 15 is 0 Å². The Morgan fingerprint density at radius 1 is 1.07 bits per heavy atom. The number of rotatable bonds is 5. The van der Waals surface area contributed by atoms with Crippen LogP contribution < -0.4 is 0 Å². The molecule has 0 radical (unpaired) electrons. The first-order chi connectivity index (χ1) is 12.8. The Balaban J connectivity index is 1.69. The minimum Gasteiger partial charge on any atom is -0.440 e. The van der Waals surface area contributed by atoms with Crippen LogP contribution in [0.2, 0.25) is 0 Å². The average molecular weight is 396 g/mol. The number of benzene rings is 1. The molecule has 6 nitrogen and oxygen atoms in total. The van der Waals surface area contributed by atoms with Crippen molar-refractivity contribution in [2.75, 3.05) is 12.5 Å². The molecule has 0 unspecified atom stereocenters. The number of esters is 1. The number of amides is 2. The summed E-state index contributed by atoms with van der Waals surface area (Å²) in [5, 5.41) is -0.151. The highest BCUT2D eigenvalue weighted by Crippen LogP contribution is 2.28. The maximum absolute atomic E-state index is 12.4. The lowest BCUT2D eigenvalue weighted by Gasteiger charge is -2.15. The quantitative estimate of drug-likeness (QED) is 0.439. The summed E-state index contributed by atoms with van der Waals surface area (Å²) in [5.74, 6) is -3.42. The van der Waals surface area contributed by atoms with Gasteiger partial charge in [-0.2, -0.15) is 13.2 Å². The van der Waals surface area contributed by atoms with E-state index in [4.69, 9.17) is 4.74 Å². The Morgan fingerprint density at radius 2 is 1.70 bits per heavy atom. The third-order valence-electron chi connectivity index (χ3n) is 3.57. The Morgan fingerprint density at radius 3 is 2.30 bits per heavy atom. The Hall–Kier alpha value is -2.88. The van der Waals surface area contributed by atoms with Gasteiger partial charge in [0.15, 0.2) is 6.73 Å². The van der Waals surface area contributed by atoms with Gasteiger partial charge in [-0.25, -0.2) is 14.7 Å². The van der Waals surface area contributed by atoms with E-state index < -0.39 is 36.4 Å². The van der Waals surface area contributed by atoms with Gasteiger partial charge in [0.1, 0.15) is 5.03 Å². The van der Waals surface area contributed by atoms with Gasteiger partial charge in [0.05, 0.1) is 22.4 Å². The molecule has 1 aliphatic heterocycles. The molecule has 1 aromatic heterocycles. The van der Waals surface area contributed by atoms with Crippen molar-refractivity contribution in [3.05, 3.63) is 59.3 Å². The van der Waals surface area contributed by atoms with E-state index in [1.807, 2.05) is 0 Å². The van der Waals surface area contributed by atoms with E-state index in [-0.39, 0.29) is 21.7 Å². The summed E-state index contributed by atoms with van der Waals surface area (Å²) < 4.78 is 42.2. The van der Waals surface area contributed by atoms with Crippen molar-refractivity contribution in [3.63, 3.8) is 0 Å². The van der Waals surface area contributed by atoms with Gasteiger partial charge in [0.25, 0.3) is 11.8 Å². The molecule has 3 rings (SSSR count). The van der Waals surface area contributed by atoms with Crippen LogP contribution >= 0.6 is 11.8 Å². The van der Waals surface area contributed by atoms with Crippen molar-refractivity contribution < 1.29 is 32.3 Å². The molecule has 1 aromatic carbocycles. The molecule has 0 atom stereocenters. The molecule has 0 bridgehead atoms. The first-order valence-corrected chi connectivity index (χ1v) is 8.53. The number of aromatic nitrogens is 1. The fraction of sp³-hybridized carbons (Fsp3) is 0.176. The summed E-state index contributed by atoms with van der Waals surface area (Å²) in [5.41, 5.74) is 0.214. The van der Waals surface area contributed by atoms with Crippen LogP contribution in [-0.2, 0) is 4.74 Å². The largest absolute Gasteiger partial charge is 0.440 e. The summed E-state index contributed by atoms with van der Waals surface area (Å²) in [6, 6.07) is 8.78. The van der Waals surface area contributed by atoms with Crippen LogP contribution in [0.25, 0.3) is 0 Å². The first kappa shape index (κ1) is 18.9. The zero-order chi connectivity index (χ0) is 19.6. The molecule has 0 N–H and O–H groups in total. The van der Waals surface area contributed by atoms with Gasteiger partial charge in [0.2, 0.25) is 0 Å². The molecule has 140 valence electrons. The molecule has 2 aromatic rings. The lowest BCUT2D eigenvalue weighted by molar-refractivity contribution is -0.105. The normalized spacial score (nSPS) is 13.7. The topological polar surface area (TPSA) is 76.6 Å². The van der Waals surface area contributed by atoms with E-state index in [1.54, 1.807) is 12.1 Å². The number of hydrogen-bond donors (Lipinski definition) is 0. The van der Waals surface area contributed by atoms with Crippen molar-refractivity contribution in [2.45, 2.75) is 11.2 Å². The molecule has 27 heavy (non-hydrogen) atoms. The summed E-state index contributed by atoms with van der Waals surface area (Å²) in [6.45, 7) is -0.649. The van der Waals surface area contributed by atoms with E-state index in [1.165, 1.54) is 30.5 Å². The molecule has 0 fully saturated rings. The maximum atomic E-state index is 12.4. The van der Waals surface area contributed by atoms with Crippen molar-refractivity contribution >= 4 is 29.5 Å². The number of ether oxygens (including phenoxy) is 1. The molecule has 10 heteroatoms. The Bertz CT molecular complexity index is 882. The lowest BCUT2D eigenvalue weighted by Crippen LogP contribution is -2.33. The monoisotopic (exact) mass is 396 g/mol. The van der Waals surface area contributed by atoms with Crippen LogP contribution in [0.4, 0.5) is 13.2 Å². The molecular formula is C17H11F3N2O4S. The van der Waals surface area contributed by atoms with Crippen LogP contribution in [0.5, 0.6) is 0 Å². The lowest BCUT2D eigenvalue weighted by atomic mass is 10.1. The van der Waals surface area contributed by atoms with Crippen molar-refractivity contribution in [1.82, 2.24) is 9.88 Å². The zero-order valence-corrected chi connectivity index (χ0v) is 14.3. The minimum atomic E-state index is -4.43. The van der Waals surface area contributed by atoms with Gasteiger partial charge in [-0.05, 0) is 24.3 Å². The SMILES string of the molecule is O=C(OCN1C(=O)c2ccccc2C1=O)c1cccnc1SCC(F)(F)F. The summed E-state index contributed by atoms with van der Waals surface area (Å²) in [6.07, 6.45) is -3.18. The summed E-state index contributed by atoms with van der Waals surface area (Å²) in [4.78, 5) is 41.2. The van der Waals surface area contributed by atoms with Crippen LogP contribution in [0.1, 0.15) is 31.1 Å². The smallest absolute Gasteiger partial charge is 0.398 e. The number of nitrogens with zero attached hydrogens (tertiary/aromatic N) is 2. The van der Waals surface area contributed by atoms with Crippen LogP contribution in [0.3, 0.4) is 0 Å². The van der Waals surface area contributed by atoms with E-state index in [0.717, 1.165) is 4.90 Å². The first-order valence-electron chi connectivity index (χ1n) is 7.55. The number of pyridine rings is 1. The van der Waals surface area contributed by atoms with Crippen LogP contribution in [0.15, 0.2) is 47.6 Å². The number of hydrogen-bond acceptors (Lipinski definition) is 6. The van der Waals surface area contributed by atoms with Crippen LogP contribution in [0, 0.1) is 0 Å². The van der Waals surface area contributed by atoms with E-state index in [9.17, 15) is 27.6 Å². The van der Waals surface area contributed by atoms with Gasteiger partial charge in [0, 0.05) is 6.20 Å². The molecule has 0 saturated heterocycles. The predicted octanol–water partition coefficient (Wildman–Crippen LogP) is 3.15. The molecule has 2 heterocycles. The van der Waals surface area contributed by atoms with Gasteiger partial charge in [-0.1, -0.05) is 23.9 Å². The number of alkyl halides is 3.